The number of benzene rings is 1. The third kappa shape index (κ3) is 6.22. The molecule has 5 heteroatoms. The summed E-state index contributed by atoms with van der Waals surface area (Å²) >= 11 is 0. The molecule has 1 aliphatic heterocycles. The van der Waals surface area contributed by atoms with E-state index in [1.165, 1.54) is 0 Å². The van der Waals surface area contributed by atoms with Crippen LogP contribution in [0.2, 0.25) is 0 Å². The maximum Gasteiger partial charge on any atom is 0.225 e. The summed E-state index contributed by atoms with van der Waals surface area (Å²) in [4.78, 5) is 26.6. The lowest BCUT2D eigenvalue weighted by molar-refractivity contribution is -0.135. The predicted octanol–water partition coefficient (Wildman–Crippen LogP) is 5.89. The van der Waals surface area contributed by atoms with Gasteiger partial charge >= 0.3 is 0 Å². The van der Waals surface area contributed by atoms with Crippen molar-refractivity contribution in [2.24, 2.45) is 17.3 Å². The third-order valence-electron chi connectivity index (χ3n) is 5.62. The summed E-state index contributed by atoms with van der Waals surface area (Å²) in [5.74, 6) is 2.36. The first kappa shape index (κ1) is 23.1. The Morgan fingerprint density at radius 2 is 1.81 bits per heavy atom. The zero-order valence-electron chi connectivity index (χ0n) is 19.7. The molecule has 2 amide bonds. The Morgan fingerprint density at radius 3 is 2.42 bits per heavy atom. The first-order valence-electron chi connectivity index (χ1n) is 11.3. The molecule has 31 heavy (non-hydrogen) atoms. The number of hydrogen-bond donors (Lipinski definition) is 1. The zero-order chi connectivity index (χ0) is 22.8. The number of carbonyl (C=O) groups excluding carboxylic acids is 2. The minimum absolute atomic E-state index is 0.00660. The summed E-state index contributed by atoms with van der Waals surface area (Å²) in [6.45, 7) is 13.9. The first-order valence-corrected chi connectivity index (χ1v) is 11.3. The summed E-state index contributed by atoms with van der Waals surface area (Å²) in [6, 6.07) is 9.80. The fourth-order valence-corrected chi connectivity index (χ4v) is 4.39. The molecule has 3 rings (SSSR count). The van der Waals surface area contributed by atoms with Gasteiger partial charge in [-0.2, -0.15) is 0 Å². The normalized spacial score (nSPS) is 15.0. The number of rotatable bonds is 6. The molecule has 0 aliphatic carbocycles. The highest BCUT2D eigenvalue weighted by Gasteiger charge is 2.25. The Kier molecular flexibility index (Phi) is 6.93. The van der Waals surface area contributed by atoms with Gasteiger partial charge in [-0.15, -0.1) is 0 Å². The quantitative estimate of drug-likeness (QED) is 0.629. The lowest BCUT2D eigenvalue weighted by Crippen LogP contribution is -2.37. The molecule has 5 nitrogen and oxygen atoms in total. The number of nitrogens with one attached hydrogen (secondary N) is 1. The summed E-state index contributed by atoms with van der Waals surface area (Å²) < 4.78 is 6.08. The second-order valence-corrected chi connectivity index (χ2v) is 10.4. The Morgan fingerprint density at radius 1 is 1.13 bits per heavy atom. The number of furan rings is 1. The van der Waals surface area contributed by atoms with Gasteiger partial charge in [0.05, 0.1) is 0 Å². The maximum atomic E-state index is 12.4. The smallest absolute Gasteiger partial charge is 0.225 e. The molecule has 1 N–H and O–H groups in total. The predicted molar refractivity (Wildman–Crippen MR) is 125 cm³/mol. The van der Waals surface area contributed by atoms with Crippen LogP contribution in [0.3, 0.4) is 0 Å². The van der Waals surface area contributed by atoms with Crippen molar-refractivity contribution in [2.75, 3.05) is 11.9 Å². The molecule has 0 radical (unpaired) electrons. The molecule has 1 aliphatic rings. The number of hydrogen-bond acceptors (Lipinski definition) is 3. The van der Waals surface area contributed by atoms with Crippen LogP contribution in [0.4, 0.5) is 5.69 Å². The Balaban J connectivity index is 1.61. The fraction of sp³-hybridized carbons (Fsp3) is 0.538. The number of nitrogens with zero attached hydrogens (tertiary/aromatic N) is 1. The molecular weight excluding hydrogens is 388 g/mol. The van der Waals surface area contributed by atoms with E-state index >= 15 is 0 Å². The van der Waals surface area contributed by atoms with E-state index in [1.54, 1.807) is 0 Å². The second kappa shape index (κ2) is 9.29. The van der Waals surface area contributed by atoms with Crippen molar-refractivity contribution in [3.8, 4) is 11.3 Å². The van der Waals surface area contributed by atoms with E-state index in [9.17, 15) is 9.59 Å². The van der Waals surface area contributed by atoms with Crippen LogP contribution >= 0.6 is 0 Å². The van der Waals surface area contributed by atoms with Crippen LogP contribution < -0.4 is 5.32 Å². The van der Waals surface area contributed by atoms with Gasteiger partial charge in [0.15, 0.2) is 0 Å². The van der Waals surface area contributed by atoms with Gasteiger partial charge in [-0.05, 0) is 48.1 Å². The monoisotopic (exact) mass is 424 g/mol. The van der Waals surface area contributed by atoms with Gasteiger partial charge in [-0.1, -0.05) is 41.5 Å². The van der Waals surface area contributed by atoms with E-state index in [-0.39, 0.29) is 23.1 Å². The number of fused-ring (bicyclic) bond motifs is 1. The molecule has 1 atom stereocenters. The first-order chi connectivity index (χ1) is 14.5. The highest BCUT2D eigenvalue weighted by atomic mass is 16.3. The topological polar surface area (TPSA) is 62.6 Å². The van der Waals surface area contributed by atoms with E-state index in [1.807, 2.05) is 49.1 Å². The standard InChI is InChI=1S/C26H36N2O3/c1-17(2)25(30)28-12-11-22-20(16-28)14-23(31-22)19-7-9-21(10-8-19)27-24(29)13-18(3)15-26(4,5)6/h7-10,14,17-18H,11-13,15-16H2,1-6H3,(H,27,29). The summed E-state index contributed by atoms with van der Waals surface area (Å²) in [5.41, 5.74) is 3.07. The maximum absolute atomic E-state index is 12.4. The molecule has 1 aromatic carbocycles. The van der Waals surface area contributed by atoms with E-state index < -0.39 is 0 Å². The van der Waals surface area contributed by atoms with Crippen LogP contribution in [-0.4, -0.2) is 23.3 Å². The lowest BCUT2D eigenvalue weighted by atomic mass is 9.84. The van der Waals surface area contributed by atoms with Gasteiger partial charge in [0, 0.05) is 48.7 Å². The zero-order valence-corrected chi connectivity index (χ0v) is 19.7. The van der Waals surface area contributed by atoms with E-state index in [4.69, 9.17) is 4.42 Å². The van der Waals surface area contributed by atoms with Crippen molar-refractivity contribution in [1.29, 1.82) is 0 Å². The van der Waals surface area contributed by atoms with Gasteiger partial charge in [0.25, 0.3) is 0 Å². The van der Waals surface area contributed by atoms with Gasteiger partial charge < -0.3 is 14.6 Å². The molecule has 0 saturated heterocycles. The van der Waals surface area contributed by atoms with Crippen molar-refractivity contribution in [3.63, 3.8) is 0 Å². The molecule has 1 unspecified atom stereocenters. The van der Waals surface area contributed by atoms with Crippen LogP contribution in [0.15, 0.2) is 34.7 Å². The van der Waals surface area contributed by atoms with Crippen LogP contribution in [0.5, 0.6) is 0 Å². The van der Waals surface area contributed by atoms with Crippen molar-refractivity contribution < 1.29 is 14.0 Å². The highest BCUT2D eigenvalue weighted by Crippen LogP contribution is 2.31. The van der Waals surface area contributed by atoms with Gasteiger partial charge in [-0.25, -0.2) is 0 Å². The number of anilines is 1. The number of amides is 2. The summed E-state index contributed by atoms with van der Waals surface area (Å²) in [6.07, 6.45) is 2.28. The minimum atomic E-state index is 0.00660. The molecule has 2 aromatic rings. The van der Waals surface area contributed by atoms with E-state index in [0.29, 0.717) is 25.4 Å². The molecule has 0 bridgehead atoms. The van der Waals surface area contributed by atoms with Gasteiger partial charge in [0.1, 0.15) is 11.5 Å². The van der Waals surface area contributed by atoms with E-state index in [2.05, 4.69) is 33.0 Å². The highest BCUT2D eigenvalue weighted by molar-refractivity contribution is 5.91. The van der Waals surface area contributed by atoms with Crippen molar-refractivity contribution >= 4 is 17.5 Å². The summed E-state index contributed by atoms with van der Waals surface area (Å²) in [5, 5.41) is 3.00. The van der Waals surface area contributed by atoms with Crippen LogP contribution in [0, 0.1) is 17.3 Å². The molecule has 0 saturated carbocycles. The molecule has 0 fully saturated rings. The van der Waals surface area contributed by atoms with Crippen LogP contribution in [-0.2, 0) is 22.6 Å². The summed E-state index contributed by atoms with van der Waals surface area (Å²) in [7, 11) is 0. The molecule has 2 heterocycles. The van der Waals surface area contributed by atoms with E-state index in [0.717, 1.165) is 41.2 Å². The van der Waals surface area contributed by atoms with Crippen LogP contribution in [0.25, 0.3) is 11.3 Å². The second-order valence-electron chi connectivity index (χ2n) is 10.4. The lowest BCUT2D eigenvalue weighted by Gasteiger charge is -2.27. The average Bonchev–Trinajstić information content (AvgIpc) is 3.09. The molecule has 168 valence electrons. The van der Waals surface area contributed by atoms with Gasteiger partial charge in [-0.3, -0.25) is 9.59 Å². The Bertz CT molecular complexity index is 919. The molecular formula is C26H36N2O3. The van der Waals surface area contributed by atoms with Crippen molar-refractivity contribution in [1.82, 2.24) is 4.90 Å². The van der Waals surface area contributed by atoms with Crippen molar-refractivity contribution in [2.45, 2.75) is 67.3 Å². The average molecular weight is 425 g/mol. The van der Waals surface area contributed by atoms with Crippen LogP contribution in [0.1, 0.15) is 65.7 Å². The third-order valence-corrected chi connectivity index (χ3v) is 5.62. The van der Waals surface area contributed by atoms with Crippen molar-refractivity contribution in [3.05, 3.63) is 41.7 Å². The molecule has 0 spiro atoms. The Labute approximate surface area is 186 Å². The number of carbonyl (C=O) groups is 2. The molecule has 1 aromatic heterocycles. The fourth-order valence-electron chi connectivity index (χ4n) is 4.39. The minimum Gasteiger partial charge on any atom is -0.461 e. The Hall–Kier alpha value is -2.56. The largest absolute Gasteiger partial charge is 0.461 e. The van der Waals surface area contributed by atoms with Gasteiger partial charge in [0.2, 0.25) is 11.8 Å². The SMILES string of the molecule is CC(CC(=O)Nc1ccc(-c2cc3c(o2)CCN(C(=O)C(C)C)C3)cc1)CC(C)(C)C.